The van der Waals surface area contributed by atoms with Crippen LogP contribution in [0.25, 0.3) is 0 Å². The van der Waals surface area contributed by atoms with Crippen LogP contribution < -0.4 is 0 Å². The molecule has 0 aliphatic carbocycles. The number of benzene rings is 1. The van der Waals surface area contributed by atoms with Crippen molar-refractivity contribution in [1.82, 2.24) is 0 Å². The molecule has 0 radical (unpaired) electrons. The number of carbonyl (C=O) groups excluding carboxylic acids is 1. The minimum atomic E-state index is -0.525. The first kappa shape index (κ1) is 11.8. The van der Waals surface area contributed by atoms with E-state index in [9.17, 15) is 4.79 Å². The van der Waals surface area contributed by atoms with Crippen LogP contribution >= 0.6 is 39.1 Å². The third kappa shape index (κ3) is 2.22. The van der Waals surface area contributed by atoms with Crippen LogP contribution in [0.2, 0.25) is 10.0 Å². The topological polar surface area (TPSA) is 26.3 Å². The van der Waals surface area contributed by atoms with Gasteiger partial charge in [0, 0.05) is 5.33 Å². The third-order valence-corrected chi connectivity index (χ3v) is 3.06. The van der Waals surface area contributed by atoms with Gasteiger partial charge < -0.3 is 4.74 Å². The summed E-state index contributed by atoms with van der Waals surface area (Å²) in [6.45, 7) is 0. The van der Waals surface area contributed by atoms with Crippen molar-refractivity contribution < 1.29 is 9.53 Å². The molecule has 0 aliphatic rings. The molecular formula is C9H7BrCl2O2. The van der Waals surface area contributed by atoms with Gasteiger partial charge in [-0.25, -0.2) is 4.79 Å². The number of ether oxygens (including phenoxy) is 1. The number of esters is 1. The van der Waals surface area contributed by atoms with E-state index < -0.39 is 5.97 Å². The standard InChI is InChI=1S/C9H7BrCl2O2/c1-14-9(13)7-6(11)3-2-5(4-10)8(7)12/h2-3H,4H2,1H3. The lowest BCUT2D eigenvalue weighted by atomic mass is 10.1. The Labute approximate surface area is 100 Å². The van der Waals surface area contributed by atoms with Crippen molar-refractivity contribution in [3.05, 3.63) is 33.3 Å². The van der Waals surface area contributed by atoms with Crippen LogP contribution in [-0.2, 0) is 10.1 Å². The molecule has 0 saturated heterocycles. The summed E-state index contributed by atoms with van der Waals surface area (Å²) in [6.07, 6.45) is 0. The second-order valence-electron chi connectivity index (χ2n) is 2.52. The van der Waals surface area contributed by atoms with E-state index in [4.69, 9.17) is 23.2 Å². The van der Waals surface area contributed by atoms with Gasteiger partial charge >= 0.3 is 5.97 Å². The Morgan fingerprint density at radius 1 is 1.50 bits per heavy atom. The van der Waals surface area contributed by atoms with E-state index in [0.717, 1.165) is 5.56 Å². The van der Waals surface area contributed by atoms with E-state index in [0.29, 0.717) is 15.4 Å². The molecule has 76 valence electrons. The molecule has 0 N–H and O–H groups in total. The molecule has 2 nitrogen and oxygen atoms in total. The van der Waals surface area contributed by atoms with Gasteiger partial charge in [0.1, 0.15) is 0 Å². The van der Waals surface area contributed by atoms with E-state index >= 15 is 0 Å². The highest BCUT2D eigenvalue weighted by atomic mass is 79.9. The Morgan fingerprint density at radius 3 is 2.64 bits per heavy atom. The zero-order valence-corrected chi connectivity index (χ0v) is 10.4. The van der Waals surface area contributed by atoms with E-state index in [1.54, 1.807) is 12.1 Å². The highest BCUT2D eigenvalue weighted by Gasteiger charge is 2.17. The Bertz CT molecular complexity index is 366. The van der Waals surface area contributed by atoms with Gasteiger partial charge in [0.15, 0.2) is 0 Å². The lowest BCUT2D eigenvalue weighted by Gasteiger charge is -2.07. The fourth-order valence-electron chi connectivity index (χ4n) is 0.988. The fourth-order valence-corrected chi connectivity index (χ4v) is 2.21. The van der Waals surface area contributed by atoms with Crippen LogP contribution in [0.5, 0.6) is 0 Å². The maximum Gasteiger partial charge on any atom is 0.340 e. The highest BCUT2D eigenvalue weighted by molar-refractivity contribution is 9.08. The van der Waals surface area contributed by atoms with Gasteiger partial charge in [-0.1, -0.05) is 45.2 Å². The Balaban J connectivity index is 3.32. The van der Waals surface area contributed by atoms with Crippen LogP contribution in [-0.4, -0.2) is 13.1 Å². The molecule has 0 amide bonds. The van der Waals surface area contributed by atoms with Crippen molar-refractivity contribution in [3.63, 3.8) is 0 Å². The minimum Gasteiger partial charge on any atom is -0.465 e. The number of carbonyl (C=O) groups is 1. The first-order valence-corrected chi connectivity index (χ1v) is 5.60. The van der Waals surface area contributed by atoms with Crippen molar-refractivity contribution in [2.75, 3.05) is 7.11 Å². The SMILES string of the molecule is COC(=O)c1c(Cl)ccc(CBr)c1Cl. The van der Waals surface area contributed by atoms with Gasteiger partial charge in [0.05, 0.1) is 22.7 Å². The number of hydrogen-bond donors (Lipinski definition) is 0. The maximum atomic E-state index is 11.3. The number of halogens is 3. The van der Waals surface area contributed by atoms with Gasteiger partial charge in [-0.3, -0.25) is 0 Å². The summed E-state index contributed by atoms with van der Waals surface area (Å²) in [5, 5.41) is 1.19. The van der Waals surface area contributed by atoms with E-state index in [-0.39, 0.29) is 5.56 Å². The number of alkyl halides is 1. The predicted molar refractivity (Wildman–Crippen MR) is 60.4 cm³/mol. The number of hydrogen-bond acceptors (Lipinski definition) is 2. The smallest absolute Gasteiger partial charge is 0.340 e. The van der Waals surface area contributed by atoms with Crippen molar-refractivity contribution in [3.8, 4) is 0 Å². The van der Waals surface area contributed by atoms with Gasteiger partial charge in [-0.05, 0) is 11.6 Å². The molecule has 5 heteroatoms. The largest absolute Gasteiger partial charge is 0.465 e. The van der Waals surface area contributed by atoms with E-state index in [1.807, 2.05) is 0 Å². The molecule has 0 aromatic heterocycles. The second kappa shape index (κ2) is 5.01. The lowest BCUT2D eigenvalue weighted by Crippen LogP contribution is -2.04. The molecule has 0 saturated carbocycles. The normalized spacial score (nSPS) is 10.0. The molecule has 1 rings (SSSR count). The van der Waals surface area contributed by atoms with Gasteiger partial charge in [-0.2, -0.15) is 0 Å². The molecule has 0 fully saturated rings. The van der Waals surface area contributed by atoms with Crippen LogP contribution in [0.15, 0.2) is 12.1 Å². The maximum absolute atomic E-state index is 11.3. The molecule has 0 heterocycles. The first-order chi connectivity index (χ1) is 6.61. The molecule has 1 aromatic carbocycles. The zero-order chi connectivity index (χ0) is 10.7. The summed E-state index contributed by atoms with van der Waals surface area (Å²) in [5.41, 5.74) is 1.02. The Hall–Kier alpha value is -0.250. The Kier molecular flexibility index (Phi) is 4.23. The molecule has 14 heavy (non-hydrogen) atoms. The average molecular weight is 298 g/mol. The van der Waals surface area contributed by atoms with Crippen molar-refractivity contribution in [2.45, 2.75) is 5.33 Å². The second-order valence-corrected chi connectivity index (χ2v) is 3.87. The molecule has 0 unspecified atom stereocenters. The van der Waals surface area contributed by atoms with Crippen LogP contribution in [0.3, 0.4) is 0 Å². The summed E-state index contributed by atoms with van der Waals surface area (Å²) in [6, 6.07) is 3.38. The van der Waals surface area contributed by atoms with E-state index in [1.165, 1.54) is 7.11 Å². The highest BCUT2D eigenvalue weighted by Crippen LogP contribution is 2.29. The van der Waals surface area contributed by atoms with Crippen LogP contribution in [0, 0.1) is 0 Å². The monoisotopic (exact) mass is 296 g/mol. The zero-order valence-electron chi connectivity index (χ0n) is 7.31. The summed E-state index contributed by atoms with van der Waals surface area (Å²) in [5.74, 6) is -0.525. The molecule has 0 atom stereocenters. The summed E-state index contributed by atoms with van der Waals surface area (Å²) in [4.78, 5) is 11.3. The summed E-state index contributed by atoms with van der Waals surface area (Å²) in [7, 11) is 1.29. The summed E-state index contributed by atoms with van der Waals surface area (Å²) >= 11 is 15.1. The molecular weight excluding hydrogens is 291 g/mol. The fraction of sp³-hybridized carbons (Fsp3) is 0.222. The van der Waals surface area contributed by atoms with Crippen molar-refractivity contribution in [2.24, 2.45) is 0 Å². The molecule has 0 spiro atoms. The van der Waals surface area contributed by atoms with Crippen LogP contribution in [0.1, 0.15) is 15.9 Å². The van der Waals surface area contributed by atoms with E-state index in [2.05, 4.69) is 20.7 Å². The van der Waals surface area contributed by atoms with Gasteiger partial charge in [0.25, 0.3) is 0 Å². The quantitative estimate of drug-likeness (QED) is 0.615. The minimum absolute atomic E-state index is 0.216. The van der Waals surface area contributed by atoms with Crippen LogP contribution in [0.4, 0.5) is 0 Å². The Morgan fingerprint density at radius 2 is 2.14 bits per heavy atom. The number of methoxy groups -OCH3 is 1. The number of rotatable bonds is 2. The molecule has 1 aromatic rings. The van der Waals surface area contributed by atoms with Crippen molar-refractivity contribution in [1.29, 1.82) is 0 Å². The molecule has 0 bridgehead atoms. The first-order valence-electron chi connectivity index (χ1n) is 3.73. The van der Waals surface area contributed by atoms with Gasteiger partial charge in [-0.15, -0.1) is 0 Å². The predicted octanol–water partition coefficient (Wildman–Crippen LogP) is 3.67. The lowest BCUT2D eigenvalue weighted by molar-refractivity contribution is 0.0601. The van der Waals surface area contributed by atoms with Crippen molar-refractivity contribution >= 4 is 45.1 Å². The third-order valence-electron chi connectivity index (χ3n) is 1.70. The van der Waals surface area contributed by atoms with Gasteiger partial charge in [0.2, 0.25) is 0 Å². The average Bonchev–Trinajstić information content (AvgIpc) is 2.18. The summed E-state index contributed by atoms with van der Waals surface area (Å²) < 4.78 is 4.57. The molecule has 0 aliphatic heterocycles.